The van der Waals surface area contributed by atoms with Crippen LogP contribution in [-0.4, -0.2) is 39.7 Å². The standard InChI is InChI=1S/C16H19BrN2O2/c17-13-3-4-15-12(10-13)5-8-18(15)9-6-16(21)19-7-1-2-14(19)11-20/h3-5,8,10,14,20H,1-2,6-7,9,11H2. The van der Waals surface area contributed by atoms with Gasteiger partial charge in [-0.2, -0.15) is 0 Å². The van der Waals surface area contributed by atoms with Gasteiger partial charge in [-0.1, -0.05) is 15.9 Å². The number of halogens is 1. The molecule has 1 aromatic carbocycles. The molecule has 1 unspecified atom stereocenters. The van der Waals surface area contributed by atoms with Gasteiger partial charge < -0.3 is 14.6 Å². The highest BCUT2D eigenvalue weighted by Gasteiger charge is 2.27. The Bertz CT molecular complexity index is 653. The topological polar surface area (TPSA) is 45.5 Å². The molecule has 2 heterocycles. The first-order chi connectivity index (χ1) is 10.2. The molecular formula is C16H19BrN2O2. The zero-order chi connectivity index (χ0) is 14.8. The number of benzene rings is 1. The zero-order valence-corrected chi connectivity index (χ0v) is 13.4. The van der Waals surface area contributed by atoms with Crippen molar-refractivity contribution in [3.8, 4) is 0 Å². The molecule has 3 rings (SSSR count). The molecule has 1 aromatic heterocycles. The highest BCUT2D eigenvalue weighted by atomic mass is 79.9. The molecular weight excluding hydrogens is 332 g/mol. The number of hydrogen-bond acceptors (Lipinski definition) is 2. The minimum Gasteiger partial charge on any atom is -0.394 e. The van der Waals surface area contributed by atoms with Gasteiger partial charge in [0.15, 0.2) is 0 Å². The van der Waals surface area contributed by atoms with Crippen molar-refractivity contribution in [1.82, 2.24) is 9.47 Å². The van der Waals surface area contributed by atoms with Crippen molar-refractivity contribution >= 4 is 32.7 Å². The Labute approximate surface area is 132 Å². The first kappa shape index (κ1) is 14.6. The second kappa shape index (κ2) is 6.20. The number of nitrogens with zero attached hydrogens (tertiary/aromatic N) is 2. The highest BCUT2D eigenvalue weighted by Crippen LogP contribution is 2.22. The number of fused-ring (bicyclic) bond motifs is 1. The lowest BCUT2D eigenvalue weighted by molar-refractivity contribution is -0.132. The quantitative estimate of drug-likeness (QED) is 0.921. The molecule has 1 saturated heterocycles. The molecule has 0 radical (unpaired) electrons. The van der Waals surface area contributed by atoms with Crippen molar-refractivity contribution in [1.29, 1.82) is 0 Å². The molecule has 1 fully saturated rings. The van der Waals surface area contributed by atoms with Gasteiger partial charge in [0.05, 0.1) is 12.6 Å². The summed E-state index contributed by atoms with van der Waals surface area (Å²) in [6.07, 6.45) is 4.42. The van der Waals surface area contributed by atoms with E-state index < -0.39 is 0 Å². The summed E-state index contributed by atoms with van der Waals surface area (Å²) >= 11 is 3.47. The summed E-state index contributed by atoms with van der Waals surface area (Å²) in [4.78, 5) is 14.1. The molecule has 4 nitrogen and oxygen atoms in total. The average molecular weight is 351 g/mol. The van der Waals surface area contributed by atoms with Crippen LogP contribution in [0.25, 0.3) is 10.9 Å². The molecule has 112 valence electrons. The maximum atomic E-state index is 12.3. The van der Waals surface area contributed by atoms with Crippen molar-refractivity contribution in [2.45, 2.75) is 31.8 Å². The summed E-state index contributed by atoms with van der Waals surface area (Å²) in [5.41, 5.74) is 1.14. The number of aliphatic hydroxyl groups excluding tert-OH is 1. The largest absolute Gasteiger partial charge is 0.394 e. The number of likely N-dealkylation sites (tertiary alicyclic amines) is 1. The van der Waals surface area contributed by atoms with E-state index in [9.17, 15) is 9.90 Å². The van der Waals surface area contributed by atoms with Crippen LogP contribution in [-0.2, 0) is 11.3 Å². The van der Waals surface area contributed by atoms with E-state index in [2.05, 4.69) is 38.7 Å². The zero-order valence-electron chi connectivity index (χ0n) is 11.8. The molecule has 1 atom stereocenters. The summed E-state index contributed by atoms with van der Waals surface area (Å²) in [5.74, 6) is 0.144. The maximum Gasteiger partial charge on any atom is 0.224 e. The predicted molar refractivity (Wildman–Crippen MR) is 86.1 cm³/mol. The molecule has 0 saturated carbocycles. The van der Waals surface area contributed by atoms with Gasteiger partial charge in [0.1, 0.15) is 0 Å². The number of carbonyl (C=O) groups excluding carboxylic acids is 1. The Balaban J connectivity index is 1.67. The molecule has 2 aromatic rings. The van der Waals surface area contributed by atoms with Crippen LogP contribution in [0.5, 0.6) is 0 Å². The van der Waals surface area contributed by atoms with E-state index >= 15 is 0 Å². The van der Waals surface area contributed by atoms with E-state index in [4.69, 9.17) is 0 Å². The van der Waals surface area contributed by atoms with Crippen LogP contribution >= 0.6 is 15.9 Å². The van der Waals surface area contributed by atoms with Crippen LogP contribution in [0.1, 0.15) is 19.3 Å². The fourth-order valence-electron chi connectivity index (χ4n) is 3.08. The summed E-state index contributed by atoms with van der Waals surface area (Å²) in [5, 5.41) is 10.5. The molecule has 5 heteroatoms. The molecule has 1 N–H and O–H groups in total. The van der Waals surface area contributed by atoms with E-state index in [0.717, 1.165) is 29.4 Å². The van der Waals surface area contributed by atoms with Gasteiger partial charge in [0.25, 0.3) is 0 Å². The van der Waals surface area contributed by atoms with Crippen molar-refractivity contribution < 1.29 is 9.90 Å². The van der Waals surface area contributed by atoms with Gasteiger partial charge in [-0.15, -0.1) is 0 Å². The highest BCUT2D eigenvalue weighted by molar-refractivity contribution is 9.10. The lowest BCUT2D eigenvalue weighted by Crippen LogP contribution is -2.37. The molecule has 0 spiro atoms. The number of carbonyl (C=O) groups is 1. The summed E-state index contributed by atoms with van der Waals surface area (Å²) in [6.45, 7) is 1.54. The Kier molecular flexibility index (Phi) is 4.31. The fourth-order valence-corrected chi connectivity index (χ4v) is 3.46. The van der Waals surface area contributed by atoms with Gasteiger partial charge in [0, 0.05) is 41.1 Å². The molecule has 21 heavy (non-hydrogen) atoms. The second-order valence-electron chi connectivity index (χ2n) is 5.53. The van der Waals surface area contributed by atoms with Crippen molar-refractivity contribution in [3.05, 3.63) is 34.9 Å². The van der Waals surface area contributed by atoms with Crippen molar-refractivity contribution in [2.24, 2.45) is 0 Å². The lowest BCUT2D eigenvalue weighted by Gasteiger charge is -2.23. The summed E-state index contributed by atoms with van der Waals surface area (Å²) < 4.78 is 3.18. The van der Waals surface area contributed by atoms with Crippen molar-refractivity contribution in [3.63, 3.8) is 0 Å². The van der Waals surface area contributed by atoms with Crippen LogP contribution in [0.2, 0.25) is 0 Å². The Morgan fingerprint density at radius 2 is 2.24 bits per heavy atom. The van der Waals surface area contributed by atoms with E-state index in [-0.39, 0.29) is 18.6 Å². The summed E-state index contributed by atoms with van der Waals surface area (Å²) in [6, 6.07) is 8.25. The number of aromatic nitrogens is 1. The molecule has 0 aliphatic carbocycles. The van der Waals surface area contributed by atoms with Crippen LogP contribution in [0.15, 0.2) is 34.9 Å². The van der Waals surface area contributed by atoms with Gasteiger partial charge in [-0.25, -0.2) is 0 Å². The van der Waals surface area contributed by atoms with Crippen LogP contribution in [0.4, 0.5) is 0 Å². The van der Waals surface area contributed by atoms with Crippen LogP contribution in [0.3, 0.4) is 0 Å². The Morgan fingerprint density at radius 3 is 3.05 bits per heavy atom. The minimum absolute atomic E-state index is 0.0230. The molecule has 1 aliphatic rings. The third-order valence-electron chi connectivity index (χ3n) is 4.21. The van der Waals surface area contributed by atoms with Gasteiger partial charge in [-0.3, -0.25) is 4.79 Å². The van der Waals surface area contributed by atoms with E-state index in [1.165, 1.54) is 5.39 Å². The Morgan fingerprint density at radius 1 is 1.38 bits per heavy atom. The first-order valence-corrected chi connectivity index (χ1v) is 8.13. The van der Waals surface area contributed by atoms with E-state index in [0.29, 0.717) is 13.0 Å². The SMILES string of the molecule is O=C(CCn1ccc2cc(Br)ccc21)N1CCCC1CO. The lowest BCUT2D eigenvalue weighted by atomic mass is 10.2. The average Bonchev–Trinajstić information content (AvgIpc) is 3.10. The summed E-state index contributed by atoms with van der Waals surface area (Å²) in [7, 11) is 0. The van der Waals surface area contributed by atoms with E-state index in [1.54, 1.807) is 0 Å². The Hall–Kier alpha value is -1.33. The van der Waals surface area contributed by atoms with Crippen molar-refractivity contribution in [2.75, 3.05) is 13.2 Å². The first-order valence-electron chi connectivity index (χ1n) is 7.34. The smallest absolute Gasteiger partial charge is 0.224 e. The van der Waals surface area contributed by atoms with Gasteiger partial charge in [-0.05, 0) is 37.1 Å². The number of amides is 1. The third-order valence-corrected chi connectivity index (χ3v) is 4.70. The molecule has 0 bridgehead atoms. The number of aryl methyl sites for hydroxylation is 1. The predicted octanol–water partition coefficient (Wildman–Crippen LogP) is 2.78. The van der Waals surface area contributed by atoms with Crippen LogP contribution in [0, 0.1) is 0 Å². The fraction of sp³-hybridized carbons (Fsp3) is 0.438. The number of rotatable bonds is 4. The minimum atomic E-state index is 0.0230. The molecule has 1 aliphatic heterocycles. The second-order valence-corrected chi connectivity index (χ2v) is 6.44. The number of hydrogen-bond donors (Lipinski definition) is 1. The van der Waals surface area contributed by atoms with E-state index in [1.807, 2.05) is 17.2 Å². The van der Waals surface area contributed by atoms with Crippen LogP contribution < -0.4 is 0 Å². The van der Waals surface area contributed by atoms with Gasteiger partial charge >= 0.3 is 0 Å². The normalized spacial score (nSPS) is 18.6. The molecule has 1 amide bonds. The number of aliphatic hydroxyl groups is 1. The van der Waals surface area contributed by atoms with Gasteiger partial charge in [0.2, 0.25) is 5.91 Å². The maximum absolute atomic E-state index is 12.3. The monoisotopic (exact) mass is 350 g/mol. The third kappa shape index (κ3) is 2.99.